The second kappa shape index (κ2) is 8.51. The average Bonchev–Trinajstić information content (AvgIpc) is 2.67. The van der Waals surface area contributed by atoms with Crippen molar-refractivity contribution >= 4 is 45.0 Å². The lowest BCUT2D eigenvalue weighted by Gasteiger charge is -2.17. The standard InChI is InChI=1S/C19H19FIN3O5/c1-23-7-15(29-9-11(26)8-25)18(28)17-14(6-16(27)24(2)19(17)23)22-13-4-3-10(21)5-12(13)20/h3-7,11,22,25-26H,8-9H2,1-2H3/t11-/m1/s1. The van der Waals surface area contributed by atoms with Crippen LogP contribution in [0, 0.1) is 9.39 Å². The number of aliphatic hydroxyl groups excluding tert-OH is 2. The summed E-state index contributed by atoms with van der Waals surface area (Å²) in [6.45, 7) is -0.793. The Morgan fingerprint density at radius 3 is 2.62 bits per heavy atom. The first-order valence-corrected chi connectivity index (χ1v) is 9.68. The van der Waals surface area contributed by atoms with E-state index < -0.39 is 24.0 Å². The highest BCUT2D eigenvalue weighted by Gasteiger charge is 2.18. The van der Waals surface area contributed by atoms with E-state index in [0.717, 1.165) is 0 Å². The van der Waals surface area contributed by atoms with Crippen LogP contribution in [0.1, 0.15) is 0 Å². The predicted octanol–water partition coefficient (Wildman–Crippen LogP) is 1.46. The normalized spacial score (nSPS) is 12.2. The number of anilines is 2. The third-order valence-electron chi connectivity index (χ3n) is 4.35. The first kappa shape index (κ1) is 21.3. The summed E-state index contributed by atoms with van der Waals surface area (Å²) >= 11 is 1.98. The number of aryl methyl sites for hydroxylation is 2. The van der Waals surface area contributed by atoms with Crippen LogP contribution in [0.15, 0.2) is 40.1 Å². The van der Waals surface area contributed by atoms with Gasteiger partial charge in [0.25, 0.3) is 5.56 Å². The van der Waals surface area contributed by atoms with Crippen LogP contribution >= 0.6 is 22.6 Å². The number of rotatable bonds is 6. The second-order valence-electron chi connectivity index (χ2n) is 6.48. The van der Waals surface area contributed by atoms with E-state index in [-0.39, 0.29) is 34.7 Å². The monoisotopic (exact) mass is 515 g/mol. The molecule has 0 saturated heterocycles. The molecule has 10 heteroatoms. The molecule has 0 fully saturated rings. The highest BCUT2D eigenvalue weighted by molar-refractivity contribution is 14.1. The molecule has 0 radical (unpaired) electrons. The van der Waals surface area contributed by atoms with E-state index in [1.54, 1.807) is 13.1 Å². The van der Waals surface area contributed by atoms with Crippen LogP contribution in [-0.4, -0.2) is 38.7 Å². The van der Waals surface area contributed by atoms with E-state index >= 15 is 0 Å². The minimum Gasteiger partial charge on any atom is -0.485 e. The summed E-state index contributed by atoms with van der Waals surface area (Å²) in [7, 11) is 3.15. The van der Waals surface area contributed by atoms with Gasteiger partial charge in [-0.25, -0.2) is 4.39 Å². The lowest BCUT2D eigenvalue weighted by atomic mass is 10.2. The summed E-state index contributed by atoms with van der Waals surface area (Å²) in [5.74, 6) is -0.599. The molecule has 0 aliphatic carbocycles. The largest absolute Gasteiger partial charge is 0.485 e. The molecule has 3 N–H and O–H groups in total. The molecule has 154 valence electrons. The zero-order chi connectivity index (χ0) is 21.3. The van der Waals surface area contributed by atoms with Crippen LogP contribution < -0.4 is 21.0 Å². The van der Waals surface area contributed by atoms with Gasteiger partial charge in [-0.2, -0.15) is 0 Å². The maximum absolute atomic E-state index is 14.3. The van der Waals surface area contributed by atoms with E-state index in [1.165, 1.54) is 40.6 Å². The molecule has 29 heavy (non-hydrogen) atoms. The Bertz CT molecular complexity index is 1190. The third-order valence-corrected chi connectivity index (χ3v) is 5.02. The minimum absolute atomic E-state index is 0.0720. The van der Waals surface area contributed by atoms with Gasteiger partial charge >= 0.3 is 0 Å². The summed E-state index contributed by atoms with van der Waals surface area (Å²) in [4.78, 5) is 25.5. The predicted molar refractivity (Wildman–Crippen MR) is 115 cm³/mol. The van der Waals surface area contributed by atoms with Crippen molar-refractivity contribution in [3.63, 3.8) is 0 Å². The van der Waals surface area contributed by atoms with E-state index in [1.807, 2.05) is 22.6 Å². The average molecular weight is 515 g/mol. The van der Waals surface area contributed by atoms with Crippen molar-refractivity contribution in [2.75, 3.05) is 18.5 Å². The number of pyridine rings is 2. The van der Waals surface area contributed by atoms with Crippen LogP contribution in [0.2, 0.25) is 0 Å². The molecule has 0 amide bonds. The zero-order valence-electron chi connectivity index (χ0n) is 15.6. The molecule has 3 rings (SSSR count). The number of fused-ring (bicyclic) bond motifs is 1. The smallest absolute Gasteiger partial charge is 0.253 e. The molecule has 0 spiro atoms. The molecular formula is C19H19FIN3O5. The van der Waals surface area contributed by atoms with Crippen LogP contribution in [0.25, 0.3) is 11.0 Å². The number of aromatic nitrogens is 2. The fourth-order valence-corrected chi connectivity index (χ4v) is 3.37. The van der Waals surface area contributed by atoms with Crippen LogP contribution in [0.3, 0.4) is 0 Å². The Morgan fingerprint density at radius 1 is 1.24 bits per heavy atom. The van der Waals surface area contributed by atoms with Crippen LogP contribution in [-0.2, 0) is 14.1 Å². The SMILES string of the molecule is Cn1cc(OC[C@H](O)CO)c(=O)c2c(Nc3ccc(I)cc3F)cc(=O)n(C)c21. The number of hydrogen-bond acceptors (Lipinski definition) is 6. The van der Waals surface area contributed by atoms with E-state index in [9.17, 15) is 19.1 Å². The van der Waals surface area contributed by atoms with Crippen molar-refractivity contribution in [1.29, 1.82) is 0 Å². The maximum Gasteiger partial charge on any atom is 0.253 e. The van der Waals surface area contributed by atoms with E-state index in [0.29, 0.717) is 9.22 Å². The first-order chi connectivity index (χ1) is 13.7. The summed E-state index contributed by atoms with van der Waals surface area (Å²) < 4.78 is 23.2. The van der Waals surface area contributed by atoms with Gasteiger partial charge in [0.2, 0.25) is 5.43 Å². The molecular weight excluding hydrogens is 496 g/mol. The zero-order valence-corrected chi connectivity index (χ0v) is 17.8. The Kier molecular flexibility index (Phi) is 6.24. The first-order valence-electron chi connectivity index (χ1n) is 8.60. The van der Waals surface area contributed by atoms with Crippen molar-refractivity contribution in [2.45, 2.75) is 6.10 Å². The van der Waals surface area contributed by atoms with Gasteiger partial charge in [0, 0.05) is 23.7 Å². The lowest BCUT2D eigenvalue weighted by Crippen LogP contribution is -2.26. The Balaban J connectivity index is 2.21. The number of hydrogen-bond donors (Lipinski definition) is 3. The molecule has 1 aromatic carbocycles. The second-order valence-corrected chi connectivity index (χ2v) is 7.73. The molecule has 2 heterocycles. The molecule has 3 aromatic rings. The van der Waals surface area contributed by atoms with Crippen molar-refractivity contribution < 1.29 is 19.3 Å². The molecule has 0 aliphatic rings. The highest BCUT2D eigenvalue weighted by Crippen LogP contribution is 2.26. The maximum atomic E-state index is 14.3. The fourth-order valence-electron chi connectivity index (χ4n) is 2.92. The van der Waals surface area contributed by atoms with Crippen LogP contribution in [0.4, 0.5) is 15.8 Å². The number of aliphatic hydroxyl groups is 2. The Morgan fingerprint density at radius 2 is 1.97 bits per heavy atom. The summed E-state index contributed by atoms with van der Waals surface area (Å²) in [5, 5.41) is 21.4. The van der Waals surface area contributed by atoms with Gasteiger partial charge in [-0.3, -0.25) is 14.2 Å². The number of nitrogens with zero attached hydrogens (tertiary/aromatic N) is 2. The fraction of sp³-hybridized carbons (Fsp3) is 0.263. The van der Waals surface area contributed by atoms with Crippen LogP contribution in [0.5, 0.6) is 5.75 Å². The Hall–Kier alpha value is -2.44. The third kappa shape index (κ3) is 4.28. The quantitative estimate of drug-likeness (QED) is 0.430. The topological polar surface area (TPSA) is 106 Å². The Labute approximate surface area is 178 Å². The van der Waals surface area contributed by atoms with E-state index in [4.69, 9.17) is 9.84 Å². The van der Waals surface area contributed by atoms with Gasteiger partial charge in [0.05, 0.1) is 29.6 Å². The van der Waals surface area contributed by atoms with Crippen molar-refractivity contribution in [3.05, 3.63) is 60.4 Å². The summed E-state index contributed by atoms with van der Waals surface area (Å²) in [5.41, 5.74) is -0.357. The van der Waals surface area contributed by atoms with Gasteiger partial charge in [0.1, 0.15) is 24.2 Å². The highest BCUT2D eigenvalue weighted by atomic mass is 127. The molecule has 0 bridgehead atoms. The number of ether oxygens (including phenoxy) is 1. The lowest BCUT2D eigenvalue weighted by molar-refractivity contribution is 0.0531. The number of nitrogens with one attached hydrogen (secondary N) is 1. The van der Waals surface area contributed by atoms with Gasteiger partial charge in [-0.15, -0.1) is 0 Å². The van der Waals surface area contributed by atoms with Gasteiger partial charge in [-0.1, -0.05) is 0 Å². The minimum atomic E-state index is -1.14. The van der Waals surface area contributed by atoms with Gasteiger partial charge < -0.3 is 24.8 Å². The summed E-state index contributed by atoms with van der Waals surface area (Å²) in [6, 6.07) is 5.75. The molecule has 0 saturated carbocycles. The molecule has 0 aliphatic heterocycles. The molecule has 1 atom stereocenters. The molecule has 0 unspecified atom stereocenters. The molecule has 2 aromatic heterocycles. The van der Waals surface area contributed by atoms with Crippen molar-refractivity contribution in [2.24, 2.45) is 14.1 Å². The molecule has 8 nitrogen and oxygen atoms in total. The van der Waals surface area contributed by atoms with Gasteiger partial charge in [0.15, 0.2) is 5.75 Å². The number of benzene rings is 1. The van der Waals surface area contributed by atoms with E-state index in [2.05, 4.69) is 5.32 Å². The van der Waals surface area contributed by atoms with Crippen molar-refractivity contribution in [1.82, 2.24) is 9.13 Å². The van der Waals surface area contributed by atoms with Gasteiger partial charge in [-0.05, 0) is 40.8 Å². The summed E-state index contributed by atoms with van der Waals surface area (Å²) in [6.07, 6.45) is 0.248. The van der Waals surface area contributed by atoms with Crippen molar-refractivity contribution in [3.8, 4) is 5.75 Å². The number of halogens is 2.